The summed E-state index contributed by atoms with van der Waals surface area (Å²) in [6.45, 7) is 2.73. The van der Waals surface area contributed by atoms with Crippen LogP contribution in [0.2, 0.25) is 0 Å². The van der Waals surface area contributed by atoms with Gasteiger partial charge in [0, 0.05) is 7.11 Å². The fraction of sp³-hybridized carbons (Fsp3) is 0.538. The molecular formula is C13H21NO4. The fourth-order valence-electron chi connectivity index (χ4n) is 1.40. The van der Waals surface area contributed by atoms with Gasteiger partial charge < -0.3 is 25.1 Å². The van der Waals surface area contributed by atoms with Crippen molar-refractivity contribution in [1.82, 2.24) is 0 Å². The second-order valence-electron chi connectivity index (χ2n) is 4.10. The Morgan fingerprint density at radius 3 is 2.61 bits per heavy atom. The predicted octanol–water partition coefficient (Wildman–Crippen LogP) is 1.06. The van der Waals surface area contributed by atoms with Crippen LogP contribution in [-0.2, 0) is 9.47 Å². The monoisotopic (exact) mass is 255 g/mol. The Bertz CT molecular complexity index is 346. The van der Waals surface area contributed by atoms with Crippen LogP contribution in [0.5, 0.6) is 5.75 Å². The number of benzene rings is 1. The van der Waals surface area contributed by atoms with E-state index in [4.69, 9.17) is 19.9 Å². The van der Waals surface area contributed by atoms with E-state index in [0.717, 1.165) is 0 Å². The van der Waals surface area contributed by atoms with Crippen molar-refractivity contribution in [2.24, 2.45) is 0 Å². The summed E-state index contributed by atoms with van der Waals surface area (Å²) < 4.78 is 15.7. The first-order valence-corrected chi connectivity index (χ1v) is 5.89. The Morgan fingerprint density at radius 1 is 1.22 bits per heavy atom. The van der Waals surface area contributed by atoms with Crippen LogP contribution in [0, 0.1) is 0 Å². The number of para-hydroxylation sites is 2. The van der Waals surface area contributed by atoms with Crippen molar-refractivity contribution in [2.45, 2.75) is 19.1 Å². The highest BCUT2D eigenvalue weighted by molar-refractivity contribution is 5.51. The number of hydrogen-bond acceptors (Lipinski definition) is 5. The lowest BCUT2D eigenvalue weighted by Gasteiger charge is -2.16. The number of anilines is 1. The van der Waals surface area contributed by atoms with Gasteiger partial charge in [0.25, 0.3) is 0 Å². The highest BCUT2D eigenvalue weighted by Gasteiger charge is 2.09. The fourth-order valence-corrected chi connectivity index (χ4v) is 1.40. The molecule has 0 aliphatic heterocycles. The van der Waals surface area contributed by atoms with E-state index in [9.17, 15) is 5.11 Å². The SMILES string of the molecule is COCC(C)OCC(O)COc1ccccc1N. The molecule has 0 aliphatic rings. The largest absolute Gasteiger partial charge is 0.489 e. The maximum absolute atomic E-state index is 9.69. The molecule has 2 atom stereocenters. The average molecular weight is 255 g/mol. The van der Waals surface area contributed by atoms with E-state index in [1.54, 1.807) is 19.2 Å². The van der Waals surface area contributed by atoms with E-state index >= 15 is 0 Å². The minimum Gasteiger partial charge on any atom is -0.489 e. The molecule has 3 N–H and O–H groups in total. The first-order chi connectivity index (χ1) is 8.63. The van der Waals surface area contributed by atoms with Gasteiger partial charge in [-0.25, -0.2) is 0 Å². The molecule has 0 saturated heterocycles. The number of ether oxygens (including phenoxy) is 3. The third kappa shape index (κ3) is 5.35. The topological polar surface area (TPSA) is 73.9 Å². The minimum absolute atomic E-state index is 0.0496. The number of nitrogen functional groups attached to an aromatic ring is 1. The van der Waals surface area contributed by atoms with Crippen molar-refractivity contribution in [3.05, 3.63) is 24.3 Å². The lowest BCUT2D eigenvalue weighted by molar-refractivity contribution is -0.0422. The van der Waals surface area contributed by atoms with Gasteiger partial charge >= 0.3 is 0 Å². The standard InChI is InChI=1S/C13H21NO4/c1-10(7-16-2)17-8-11(15)9-18-13-6-4-3-5-12(13)14/h3-6,10-11,15H,7-9,14H2,1-2H3. The molecule has 0 heterocycles. The number of hydrogen-bond donors (Lipinski definition) is 2. The maximum atomic E-state index is 9.69. The summed E-state index contributed by atoms with van der Waals surface area (Å²) in [7, 11) is 1.61. The van der Waals surface area contributed by atoms with E-state index in [1.807, 2.05) is 19.1 Å². The number of aliphatic hydroxyl groups is 1. The molecule has 5 heteroatoms. The highest BCUT2D eigenvalue weighted by Crippen LogP contribution is 2.19. The van der Waals surface area contributed by atoms with Gasteiger partial charge in [0.1, 0.15) is 18.5 Å². The van der Waals surface area contributed by atoms with E-state index in [2.05, 4.69) is 0 Å². The van der Waals surface area contributed by atoms with Crippen LogP contribution in [0.15, 0.2) is 24.3 Å². The van der Waals surface area contributed by atoms with Gasteiger partial charge in [-0.1, -0.05) is 12.1 Å². The zero-order valence-electron chi connectivity index (χ0n) is 10.8. The van der Waals surface area contributed by atoms with Gasteiger partial charge in [0.2, 0.25) is 0 Å². The van der Waals surface area contributed by atoms with Gasteiger partial charge in [-0.2, -0.15) is 0 Å². The molecule has 0 fully saturated rings. The van der Waals surface area contributed by atoms with Crippen molar-refractivity contribution in [1.29, 1.82) is 0 Å². The van der Waals surface area contributed by atoms with Gasteiger partial charge in [0.15, 0.2) is 0 Å². The Labute approximate surface area is 107 Å². The highest BCUT2D eigenvalue weighted by atomic mass is 16.5. The average Bonchev–Trinajstić information content (AvgIpc) is 2.36. The van der Waals surface area contributed by atoms with Crippen LogP contribution in [-0.4, -0.2) is 44.2 Å². The smallest absolute Gasteiger partial charge is 0.142 e. The van der Waals surface area contributed by atoms with E-state index in [0.29, 0.717) is 18.0 Å². The molecular weight excluding hydrogens is 234 g/mol. The molecule has 2 unspecified atom stereocenters. The normalized spacial score (nSPS) is 14.2. The zero-order valence-corrected chi connectivity index (χ0v) is 10.8. The molecule has 1 aromatic carbocycles. The minimum atomic E-state index is -0.691. The molecule has 102 valence electrons. The van der Waals surface area contributed by atoms with Crippen LogP contribution in [0.4, 0.5) is 5.69 Å². The van der Waals surface area contributed by atoms with Crippen molar-refractivity contribution in [3.63, 3.8) is 0 Å². The molecule has 0 radical (unpaired) electrons. The zero-order chi connectivity index (χ0) is 13.4. The first kappa shape index (κ1) is 14.8. The number of nitrogens with two attached hydrogens (primary N) is 1. The number of aliphatic hydroxyl groups excluding tert-OH is 1. The van der Waals surface area contributed by atoms with Gasteiger partial charge in [-0.05, 0) is 19.1 Å². The Balaban J connectivity index is 2.25. The quantitative estimate of drug-likeness (QED) is 0.679. The Morgan fingerprint density at radius 2 is 1.94 bits per heavy atom. The molecule has 0 aromatic heterocycles. The molecule has 18 heavy (non-hydrogen) atoms. The summed E-state index contributed by atoms with van der Waals surface area (Å²) in [5.74, 6) is 0.571. The van der Waals surface area contributed by atoms with Gasteiger partial charge in [-0.15, -0.1) is 0 Å². The van der Waals surface area contributed by atoms with E-state index in [1.165, 1.54) is 0 Å². The van der Waals surface area contributed by atoms with Crippen LogP contribution in [0.3, 0.4) is 0 Å². The summed E-state index contributed by atoms with van der Waals surface area (Å²) in [5.41, 5.74) is 6.27. The van der Waals surface area contributed by atoms with Crippen LogP contribution < -0.4 is 10.5 Å². The second kappa shape index (κ2) is 7.92. The van der Waals surface area contributed by atoms with Crippen molar-refractivity contribution < 1.29 is 19.3 Å². The van der Waals surface area contributed by atoms with E-state index < -0.39 is 6.10 Å². The van der Waals surface area contributed by atoms with Gasteiger partial charge in [0.05, 0.1) is 25.0 Å². The van der Waals surface area contributed by atoms with Crippen LogP contribution >= 0.6 is 0 Å². The second-order valence-corrected chi connectivity index (χ2v) is 4.10. The first-order valence-electron chi connectivity index (χ1n) is 5.89. The molecule has 1 aromatic rings. The van der Waals surface area contributed by atoms with Crippen LogP contribution in [0.25, 0.3) is 0 Å². The molecule has 0 saturated carbocycles. The Hall–Kier alpha value is -1.30. The van der Waals surface area contributed by atoms with Gasteiger partial charge in [-0.3, -0.25) is 0 Å². The summed E-state index contributed by atoms with van der Waals surface area (Å²) in [6.07, 6.45) is -0.740. The molecule has 5 nitrogen and oxygen atoms in total. The molecule has 0 aliphatic carbocycles. The maximum Gasteiger partial charge on any atom is 0.142 e. The number of rotatable bonds is 8. The predicted molar refractivity (Wildman–Crippen MR) is 69.6 cm³/mol. The van der Waals surface area contributed by atoms with Crippen molar-refractivity contribution in [3.8, 4) is 5.75 Å². The molecule has 0 spiro atoms. The molecule has 1 rings (SSSR count). The third-order valence-corrected chi connectivity index (χ3v) is 2.32. The van der Waals surface area contributed by atoms with Crippen LogP contribution in [0.1, 0.15) is 6.92 Å². The summed E-state index contributed by atoms with van der Waals surface area (Å²) in [4.78, 5) is 0. The summed E-state index contributed by atoms with van der Waals surface area (Å²) in [6, 6.07) is 7.17. The summed E-state index contributed by atoms with van der Waals surface area (Å²) in [5, 5.41) is 9.69. The summed E-state index contributed by atoms with van der Waals surface area (Å²) >= 11 is 0. The Kier molecular flexibility index (Phi) is 6.49. The molecule has 0 amide bonds. The third-order valence-electron chi connectivity index (χ3n) is 2.32. The lowest BCUT2D eigenvalue weighted by Crippen LogP contribution is -2.27. The number of methoxy groups -OCH3 is 1. The van der Waals surface area contributed by atoms with E-state index in [-0.39, 0.29) is 19.3 Å². The molecule has 0 bridgehead atoms. The van der Waals surface area contributed by atoms with Crippen molar-refractivity contribution >= 4 is 5.69 Å². The van der Waals surface area contributed by atoms with Crippen molar-refractivity contribution in [2.75, 3.05) is 32.7 Å². The lowest BCUT2D eigenvalue weighted by atomic mass is 10.3.